The average Bonchev–Trinajstić information content (AvgIpc) is 3.84. The van der Waals surface area contributed by atoms with Gasteiger partial charge in [0.05, 0.1) is 6.33 Å². The Morgan fingerprint density at radius 3 is 2.28 bits per heavy atom. The summed E-state index contributed by atoms with van der Waals surface area (Å²) in [5.41, 5.74) is 4.15. The lowest BCUT2D eigenvalue weighted by Gasteiger charge is -2.20. The largest absolute Gasteiger partial charge is 0.422 e. The van der Waals surface area contributed by atoms with E-state index < -0.39 is 24.5 Å². The van der Waals surface area contributed by atoms with E-state index in [9.17, 15) is 10.2 Å². The molecule has 0 amide bonds. The second-order valence-corrected chi connectivity index (χ2v) is 11.3. The number of aromatic nitrogens is 7. The fourth-order valence-corrected chi connectivity index (χ4v) is 5.77. The minimum atomic E-state index is -1.32. The van der Waals surface area contributed by atoms with Gasteiger partial charge in [0.15, 0.2) is 29.3 Å². The van der Waals surface area contributed by atoms with Crippen LogP contribution in [-0.2, 0) is 17.6 Å². The lowest BCUT2D eigenvalue weighted by atomic mass is 9.91. The maximum Gasteiger partial charge on any atom is 0.248 e. The first-order valence-electron chi connectivity index (χ1n) is 15.6. The Kier molecular flexibility index (Phi) is 8.82. The molecule has 1 aliphatic heterocycles. The summed E-state index contributed by atoms with van der Waals surface area (Å²) in [4.78, 5) is 18.7. The van der Waals surface area contributed by atoms with Crippen molar-refractivity contribution in [2.24, 2.45) is 0 Å². The molecule has 0 saturated carbocycles. The van der Waals surface area contributed by atoms with Gasteiger partial charge in [-0.1, -0.05) is 73.7 Å². The zero-order chi connectivity index (χ0) is 32.2. The number of hydrogen-bond acceptors (Lipinski definition) is 12. The number of fused-ring (bicyclic) bond motifs is 1. The normalized spacial score (nSPS) is 19.4. The number of anilines is 2. The second kappa shape index (κ2) is 13.6. The van der Waals surface area contributed by atoms with Crippen molar-refractivity contribution in [1.82, 2.24) is 34.7 Å². The van der Waals surface area contributed by atoms with Gasteiger partial charge >= 0.3 is 0 Å². The molecule has 4 N–H and O–H groups in total. The minimum absolute atomic E-state index is 0.0309. The smallest absolute Gasteiger partial charge is 0.248 e. The van der Waals surface area contributed by atoms with Gasteiger partial charge < -0.3 is 30.0 Å². The van der Waals surface area contributed by atoms with Crippen molar-refractivity contribution in [3.63, 3.8) is 0 Å². The molecule has 6 aromatic rings. The lowest BCUT2D eigenvalue weighted by molar-refractivity contribution is -0.0439. The number of nitrogens with one attached hydrogen (secondary N) is 2. The predicted molar refractivity (Wildman–Crippen MR) is 174 cm³/mol. The first-order valence-corrected chi connectivity index (χ1v) is 15.6. The number of imidazole rings is 1. The van der Waals surface area contributed by atoms with Crippen molar-refractivity contribution < 1.29 is 19.4 Å². The molecule has 47 heavy (non-hydrogen) atoms. The third-order valence-corrected chi connectivity index (χ3v) is 8.23. The van der Waals surface area contributed by atoms with E-state index in [-0.39, 0.29) is 11.8 Å². The zero-order valence-electron chi connectivity index (χ0n) is 25.7. The summed E-state index contributed by atoms with van der Waals surface area (Å²) in [6.07, 6.45) is -0.182. The quantitative estimate of drug-likeness (QED) is 0.153. The van der Waals surface area contributed by atoms with Crippen LogP contribution in [0.1, 0.15) is 53.8 Å². The van der Waals surface area contributed by atoms with Crippen molar-refractivity contribution in [1.29, 1.82) is 0 Å². The fraction of sp³-hybridized carbons (Fsp3) is 0.294. The molecule has 4 atom stereocenters. The molecule has 1 saturated heterocycles. The van der Waals surface area contributed by atoms with Gasteiger partial charge in [0, 0.05) is 43.7 Å². The van der Waals surface area contributed by atoms with Gasteiger partial charge in [-0.2, -0.15) is 9.97 Å². The van der Waals surface area contributed by atoms with Gasteiger partial charge in [-0.25, -0.2) is 4.98 Å². The van der Waals surface area contributed by atoms with E-state index >= 15 is 0 Å². The summed E-state index contributed by atoms with van der Waals surface area (Å²) in [5, 5.41) is 36.9. The van der Waals surface area contributed by atoms with E-state index in [0.29, 0.717) is 54.8 Å². The number of ether oxygens (including phenoxy) is 1. The van der Waals surface area contributed by atoms with Crippen LogP contribution < -0.4 is 10.6 Å². The van der Waals surface area contributed by atoms with Gasteiger partial charge in [0.2, 0.25) is 17.7 Å². The summed E-state index contributed by atoms with van der Waals surface area (Å²) >= 11 is 0. The summed E-state index contributed by atoms with van der Waals surface area (Å²) in [6.45, 7) is 2.95. The molecule has 4 aromatic heterocycles. The molecular weight excluding hydrogens is 598 g/mol. The fourth-order valence-electron chi connectivity index (χ4n) is 5.77. The second-order valence-electron chi connectivity index (χ2n) is 11.3. The molecule has 0 spiro atoms. The molecule has 13 heteroatoms. The molecule has 13 nitrogen and oxygen atoms in total. The molecule has 0 aliphatic carbocycles. The molecule has 7 rings (SSSR count). The number of aliphatic hydroxyl groups is 2. The maximum absolute atomic E-state index is 11.1. The Morgan fingerprint density at radius 1 is 0.851 bits per heavy atom. The van der Waals surface area contributed by atoms with Crippen LogP contribution in [0, 0.1) is 0 Å². The molecule has 1 aliphatic rings. The highest BCUT2D eigenvalue weighted by Crippen LogP contribution is 2.40. The Hall–Kier alpha value is -5.24. The Morgan fingerprint density at radius 2 is 1.60 bits per heavy atom. The maximum atomic E-state index is 11.1. The van der Waals surface area contributed by atoms with Crippen LogP contribution in [0.5, 0.6) is 0 Å². The molecule has 1 fully saturated rings. The number of aliphatic hydroxyl groups excluding tert-OH is 2. The number of nitrogens with zero attached hydrogens (tertiary/aromatic N) is 7. The van der Waals surface area contributed by atoms with Gasteiger partial charge in [-0.15, -0.1) is 10.2 Å². The molecule has 2 aromatic carbocycles. The first-order chi connectivity index (χ1) is 23.1. The van der Waals surface area contributed by atoms with Crippen LogP contribution in [0.15, 0.2) is 95.8 Å². The lowest BCUT2D eigenvalue weighted by Crippen LogP contribution is -2.29. The molecular formula is C34H35N9O4. The average molecular weight is 634 g/mol. The topological polar surface area (TPSA) is 169 Å². The minimum Gasteiger partial charge on any atom is -0.422 e. The van der Waals surface area contributed by atoms with E-state index in [2.05, 4.69) is 55.1 Å². The van der Waals surface area contributed by atoms with Crippen LogP contribution in [0.4, 0.5) is 11.8 Å². The highest BCUT2D eigenvalue weighted by molar-refractivity contribution is 5.84. The molecule has 5 heterocycles. The van der Waals surface area contributed by atoms with Gasteiger partial charge in [0.1, 0.15) is 12.2 Å². The standard InChI is InChI=1S/C34H35N9O4/c1-2-25-41-42-32(46-25)29-27(44)28(45)33(47-29)43-20-38-26-30(39-34(40-31(26)43)36-18-16-23-15-9-10-17-35-23)37-19-24(21-11-5-3-6-12-21)22-13-7-4-8-14-22/h3-15,17,20,24,27-29,33,44-45H,2,16,18-19H2,1H3,(H2,36,37,39,40)/t27-,28+,29-,33+/m0/s1. The van der Waals surface area contributed by atoms with E-state index in [1.807, 2.05) is 61.5 Å². The number of benzene rings is 2. The predicted octanol–water partition coefficient (Wildman–Crippen LogP) is 4.06. The molecule has 0 radical (unpaired) electrons. The number of hydrogen-bond donors (Lipinski definition) is 4. The van der Waals surface area contributed by atoms with Crippen molar-refractivity contribution in [3.8, 4) is 0 Å². The highest BCUT2D eigenvalue weighted by atomic mass is 16.6. The summed E-state index contributed by atoms with van der Waals surface area (Å²) in [7, 11) is 0. The number of rotatable bonds is 12. The van der Waals surface area contributed by atoms with Crippen LogP contribution in [0.3, 0.4) is 0 Å². The molecule has 0 bridgehead atoms. The Labute approximate surface area is 270 Å². The van der Waals surface area contributed by atoms with E-state index in [1.165, 1.54) is 6.33 Å². The van der Waals surface area contributed by atoms with Crippen molar-refractivity contribution in [2.45, 2.75) is 50.2 Å². The van der Waals surface area contributed by atoms with E-state index in [0.717, 1.165) is 16.8 Å². The van der Waals surface area contributed by atoms with E-state index in [4.69, 9.17) is 19.1 Å². The Balaban J connectivity index is 1.21. The van der Waals surface area contributed by atoms with Gasteiger partial charge in [-0.3, -0.25) is 9.55 Å². The van der Waals surface area contributed by atoms with Crippen LogP contribution in [-0.4, -0.2) is 70.2 Å². The zero-order valence-corrected chi connectivity index (χ0v) is 25.7. The monoisotopic (exact) mass is 633 g/mol. The van der Waals surface area contributed by atoms with Crippen molar-refractivity contribution >= 4 is 22.9 Å². The van der Waals surface area contributed by atoms with Gasteiger partial charge in [-0.05, 0) is 23.3 Å². The van der Waals surface area contributed by atoms with Crippen molar-refractivity contribution in [3.05, 3.63) is 120 Å². The summed E-state index contributed by atoms with van der Waals surface area (Å²) in [6, 6.07) is 26.4. The molecule has 0 unspecified atom stereocenters. The van der Waals surface area contributed by atoms with Crippen molar-refractivity contribution in [2.75, 3.05) is 23.7 Å². The number of aryl methyl sites for hydroxylation is 1. The van der Waals surface area contributed by atoms with Crippen LogP contribution in [0.25, 0.3) is 11.2 Å². The summed E-state index contributed by atoms with van der Waals surface area (Å²) < 4.78 is 13.4. The first kappa shape index (κ1) is 30.4. The van der Waals surface area contributed by atoms with Crippen LogP contribution in [0.2, 0.25) is 0 Å². The van der Waals surface area contributed by atoms with Crippen LogP contribution >= 0.6 is 0 Å². The molecule has 240 valence electrons. The number of pyridine rings is 1. The SMILES string of the molecule is CCc1nnc([C@H]2O[C@@H](n3cnc4c(NCC(c5ccccc5)c5ccccc5)nc(NCCc5ccccn5)nc43)[C@H](O)[C@@H]2O)o1. The van der Waals surface area contributed by atoms with Gasteiger partial charge in [0.25, 0.3) is 0 Å². The highest BCUT2D eigenvalue weighted by Gasteiger charge is 2.47. The third kappa shape index (κ3) is 6.41. The van der Waals surface area contributed by atoms with E-state index in [1.54, 1.807) is 10.8 Å². The third-order valence-electron chi connectivity index (χ3n) is 8.23. The Bertz CT molecular complexity index is 1860. The summed E-state index contributed by atoms with van der Waals surface area (Å²) in [5.74, 6) is 1.42.